The highest BCUT2D eigenvalue weighted by atomic mass is 19.4. The molecule has 0 aromatic heterocycles. The van der Waals surface area contributed by atoms with Crippen LogP contribution in [0.1, 0.15) is 18.4 Å². The smallest absolute Gasteiger partial charge is 0.481 e. The van der Waals surface area contributed by atoms with Gasteiger partial charge in [-0.15, -0.1) is 13.2 Å². The van der Waals surface area contributed by atoms with E-state index in [4.69, 9.17) is 5.11 Å². The Labute approximate surface area is 95.8 Å². The summed E-state index contributed by atoms with van der Waals surface area (Å²) in [5, 5.41) is 8.42. The lowest BCUT2D eigenvalue weighted by Gasteiger charge is -2.09. The second kappa shape index (κ2) is 5.56. The van der Waals surface area contributed by atoms with Gasteiger partial charge in [0.25, 0.3) is 0 Å². The quantitative estimate of drug-likeness (QED) is 0.871. The number of hydrogen-bond acceptors (Lipinski definition) is 2. The minimum atomic E-state index is -4.69. The van der Waals surface area contributed by atoms with Gasteiger partial charge in [-0.3, -0.25) is 4.79 Å². The van der Waals surface area contributed by atoms with Crippen LogP contribution in [-0.4, -0.2) is 17.4 Å². The van der Waals surface area contributed by atoms with Crippen molar-refractivity contribution < 1.29 is 27.8 Å². The van der Waals surface area contributed by atoms with Gasteiger partial charge in [0.15, 0.2) is 0 Å². The fraction of sp³-hybridized carbons (Fsp3) is 0.364. The summed E-state index contributed by atoms with van der Waals surface area (Å²) in [6.07, 6.45) is -3.68. The number of aliphatic carboxylic acids is 1. The molecular weight excluding hydrogens is 237 g/mol. The zero-order valence-electron chi connectivity index (χ0n) is 8.83. The molecule has 1 aromatic rings. The zero-order chi connectivity index (χ0) is 12.9. The van der Waals surface area contributed by atoms with Gasteiger partial charge in [-0.2, -0.15) is 0 Å². The predicted molar refractivity (Wildman–Crippen MR) is 53.7 cm³/mol. The van der Waals surface area contributed by atoms with Crippen molar-refractivity contribution in [2.75, 3.05) is 0 Å². The molecule has 0 unspecified atom stereocenters. The summed E-state index contributed by atoms with van der Waals surface area (Å²) in [5.41, 5.74) is 0.778. The minimum absolute atomic E-state index is 0.0425. The van der Waals surface area contributed by atoms with Gasteiger partial charge in [0, 0.05) is 6.42 Å². The number of hydrogen-bond donors (Lipinski definition) is 1. The maximum absolute atomic E-state index is 11.8. The number of rotatable bonds is 5. The van der Waals surface area contributed by atoms with Crippen molar-refractivity contribution in [3.63, 3.8) is 0 Å². The Morgan fingerprint density at radius 3 is 2.29 bits per heavy atom. The van der Waals surface area contributed by atoms with E-state index in [0.717, 1.165) is 5.56 Å². The van der Waals surface area contributed by atoms with Crippen molar-refractivity contribution in [3.05, 3.63) is 29.8 Å². The number of carbonyl (C=O) groups is 1. The third-order valence-corrected chi connectivity index (χ3v) is 2.01. The Kier molecular flexibility index (Phi) is 4.37. The van der Waals surface area contributed by atoms with Crippen molar-refractivity contribution in [3.8, 4) is 5.75 Å². The molecule has 0 saturated heterocycles. The van der Waals surface area contributed by atoms with Gasteiger partial charge in [0.1, 0.15) is 5.75 Å². The molecule has 1 N–H and O–H groups in total. The lowest BCUT2D eigenvalue weighted by atomic mass is 10.1. The number of halogens is 3. The number of carboxylic acid groups (broad SMARTS) is 1. The molecule has 1 rings (SSSR count). The molecule has 0 bridgehead atoms. The van der Waals surface area contributed by atoms with Crippen LogP contribution in [-0.2, 0) is 11.2 Å². The SMILES string of the molecule is O=C(O)CCCc1ccc(OC(F)(F)F)cc1. The fourth-order valence-corrected chi connectivity index (χ4v) is 1.30. The number of alkyl halides is 3. The van der Waals surface area contributed by atoms with Crippen LogP contribution < -0.4 is 4.74 Å². The van der Waals surface area contributed by atoms with Gasteiger partial charge >= 0.3 is 12.3 Å². The van der Waals surface area contributed by atoms with E-state index in [1.165, 1.54) is 24.3 Å². The molecule has 0 radical (unpaired) electrons. The van der Waals surface area contributed by atoms with E-state index in [-0.39, 0.29) is 12.2 Å². The standard InChI is InChI=1S/C11H11F3O3/c12-11(13,14)17-9-6-4-8(5-7-9)2-1-3-10(15)16/h4-7H,1-3H2,(H,15,16). The molecule has 0 aliphatic heterocycles. The topological polar surface area (TPSA) is 46.5 Å². The molecular formula is C11H11F3O3. The van der Waals surface area contributed by atoms with Gasteiger partial charge in [0.05, 0.1) is 0 Å². The average Bonchev–Trinajstić information content (AvgIpc) is 2.18. The second-order valence-electron chi connectivity index (χ2n) is 3.44. The van der Waals surface area contributed by atoms with Crippen molar-refractivity contribution in [2.24, 2.45) is 0 Å². The monoisotopic (exact) mass is 248 g/mol. The Morgan fingerprint density at radius 1 is 1.24 bits per heavy atom. The second-order valence-corrected chi connectivity index (χ2v) is 3.44. The van der Waals surface area contributed by atoms with Crippen LogP contribution in [0.4, 0.5) is 13.2 Å². The van der Waals surface area contributed by atoms with E-state index < -0.39 is 12.3 Å². The molecule has 0 aliphatic carbocycles. The molecule has 6 heteroatoms. The van der Waals surface area contributed by atoms with E-state index in [1.54, 1.807) is 0 Å². The summed E-state index contributed by atoms with van der Waals surface area (Å²) in [6.45, 7) is 0. The van der Waals surface area contributed by atoms with Crippen LogP contribution in [0.3, 0.4) is 0 Å². The maximum atomic E-state index is 11.8. The Balaban J connectivity index is 2.47. The molecule has 1 aromatic carbocycles. The lowest BCUT2D eigenvalue weighted by Crippen LogP contribution is -2.17. The molecule has 17 heavy (non-hydrogen) atoms. The summed E-state index contributed by atoms with van der Waals surface area (Å²) in [4.78, 5) is 10.3. The van der Waals surface area contributed by atoms with Gasteiger partial charge < -0.3 is 9.84 Å². The molecule has 0 atom stereocenters. The van der Waals surface area contributed by atoms with Gasteiger partial charge in [0.2, 0.25) is 0 Å². The summed E-state index contributed by atoms with van der Waals surface area (Å²) >= 11 is 0. The van der Waals surface area contributed by atoms with Crippen molar-refractivity contribution in [1.29, 1.82) is 0 Å². The number of benzene rings is 1. The van der Waals surface area contributed by atoms with Crippen molar-refractivity contribution in [2.45, 2.75) is 25.6 Å². The number of ether oxygens (including phenoxy) is 1. The van der Waals surface area contributed by atoms with Crippen molar-refractivity contribution in [1.82, 2.24) is 0 Å². The Bertz CT molecular complexity index is 371. The first-order valence-corrected chi connectivity index (χ1v) is 4.93. The van der Waals surface area contributed by atoms with E-state index in [0.29, 0.717) is 12.8 Å². The van der Waals surface area contributed by atoms with Crippen LogP contribution >= 0.6 is 0 Å². The van der Waals surface area contributed by atoms with Gasteiger partial charge in [-0.05, 0) is 30.5 Å². The molecule has 94 valence electrons. The third-order valence-electron chi connectivity index (χ3n) is 2.01. The predicted octanol–water partition coefficient (Wildman–Crippen LogP) is 2.99. The molecule has 0 heterocycles. The number of carboxylic acids is 1. The summed E-state index contributed by atoms with van der Waals surface area (Å²) in [7, 11) is 0. The van der Waals surface area contributed by atoms with E-state index in [1.807, 2.05) is 0 Å². The van der Waals surface area contributed by atoms with Crippen LogP contribution in [0.25, 0.3) is 0 Å². The van der Waals surface area contributed by atoms with Gasteiger partial charge in [-0.25, -0.2) is 0 Å². The first kappa shape index (κ1) is 13.3. The Morgan fingerprint density at radius 2 is 1.82 bits per heavy atom. The Hall–Kier alpha value is -1.72. The van der Waals surface area contributed by atoms with E-state index >= 15 is 0 Å². The van der Waals surface area contributed by atoms with Crippen LogP contribution in [0.2, 0.25) is 0 Å². The summed E-state index contributed by atoms with van der Waals surface area (Å²) in [6, 6.07) is 5.40. The summed E-state index contributed by atoms with van der Waals surface area (Å²) < 4.78 is 39.2. The van der Waals surface area contributed by atoms with Gasteiger partial charge in [-0.1, -0.05) is 12.1 Å². The van der Waals surface area contributed by atoms with Crippen molar-refractivity contribution >= 4 is 5.97 Å². The molecule has 0 aliphatic rings. The first-order chi connectivity index (χ1) is 7.87. The first-order valence-electron chi connectivity index (χ1n) is 4.93. The third kappa shape index (κ3) is 5.79. The zero-order valence-corrected chi connectivity index (χ0v) is 8.83. The average molecular weight is 248 g/mol. The molecule has 0 amide bonds. The molecule has 0 saturated carbocycles. The molecule has 3 nitrogen and oxygen atoms in total. The van der Waals surface area contributed by atoms with Crippen LogP contribution in [0, 0.1) is 0 Å². The highest BCUT2D eigenvalue weighted by molar-refractivity contribution is 5.66. The largest absolute Gasteiger partial charge is 0.573 e. The van der Waals surface area contributed by atoms with E-state index in [2.05, 4.69) is 4.74 Å². The molecule has 0 fully saturated rings. The maximum Gasteiger partial charge on any atom is 0.573 e. The lowest BCUT2D eigenvalue weighted by molar-refractivity contribution is -0.274. The van der Waals surface area contributed by atoms with Crippen LogP contribution in [0.5, 0.6) is 5.75 Å². The van der Waals surface area contributed by atoms with Crippen LogP contribution in [0.15, 0.2) is 24.3 Å². The molecule has 0 spiro atoms. The van der Waals surface area contributed by atoms with E-state index in [9.17, 15) is 18.0 Å². The minimum Gasteiger partial charge on any atom is -0.481 e. The normalized spacial score (nSPS) is 11.2. The summed E-state index contributed by atoms with van der Waals surface area (Å²) in [5.74, 6) is -1.17. The number of aryl methyl sites for hydroxylation is 1. The highest BCUT2D eigenvalue weighted by Crippen LogP contribution is 2.23. The highest BCUT2D eigenvalue weighted by Gasteiger charge is 2.30. The fourth-order valence-electron chi connectivity index (χ4n) is 1.30.